The number of carbonyl (C=O) groups excluding carboxylic acids is 4. The van der Waals surface area contributed by atoms with Crippen molar-refractivity contribution in [1.29, 1.82) is 0 Å². The molecule has 9 heteroatoms. The average molecular weight is 397 g/mol. The van der Waals surface area contributed by atoms with E-state index in [1.807, 2.05) is 0 Å². The first kappa shape index (κ1) is 18.9. The van der Waals surface area contributed by atoms with Crippen molar-refractivity contribution in [3.05, 3.63) is 47.2 Å². The van der Waals surface area contributed by atoms with Gasteiger partial charge < -0.3 is 5.11 Å². The number of benzene rings is 1. The Kier molecular flexibility index (Phi) is 4.45. The number of imide groups is 1. The number of nitrogens with zero attached hydrogens (tertiary/aromatic N) is 3. The normalized spacial score (nSPS) is 24.3. The molecule has 150 valence electrons. The first-order valence-electron chi connectivity index (χ1n) is 9.33. The van der Waals surface area contributed by atoms with Crippen LogP contribution in [0.5, 0.6) is 0 Å². The number of amides is 4. The standard InChI is InChI=1S/C20H19N3O6/c1-11-9-15(24)21-8-4-5-12(10-16(25)26)23(21)20(29)17(11)22-18(27)13-6-2-3-7-14(13)19(22)28/h2-3,5-7,11,17H,4,8-10H2,1H3,(H,25,26)/t11-,17-/m1/s1. The van der Waals surface area contributed by atoms with E-state index in [0.29, 0.717) is 6.42 Å². The fourth-order valence-corrected chi connectivity index (χ4v) is 4.18. The summed E-state index contributed by atoms with van der Waals surface area (Å²) in [7, 11) is 0. The molecule has 1 saturated heterocycles. The van der Waals surface area contributed by atoms with E-state index in [2.05, 4.69) is 0 Å². The maximum Gasteiger partial charge on any atom is 0.309 e. The van der Waals surface area contributed by atoms with Gasteiger partial charge in [-0.1, -0.05) is 25.1 Å². The van der Waals surface area contributed by atoms with Crippen LogP contribution in [-0.4, -0.2) is 62.2 Å². The van der Waals surface area contributed by atoms with Gasteiger partial charge in [-0.3, -0.25) is 28.9 Å². The average Bonchev–Trinajstić information content (AvgIpc) is 2.87. The molecule has 0 aromatic heterocycles. The lowest BCUT2D eigenvalue weighted by molar-refractivity contribution is -0.160. The van der Waals surface area contributed by atoms with Crippen molar-refractivity contribution in [1.82, 2.24) is 14.9 Å². The van der Waals surface area contributed by atoms with E-state index in [-0.39, 0.29) is 35.7 Å². The Morgan fingerprint density at radius 3 is 2.31 bits per heavy atom. The molecule has 0 spiro atoms. The molecule has 0 saturated carbocycles. The highest BCUT2D eigenvalue weighted by Gasteiger charge is 2.50. The molecule has 1 aromatic carbocycles. The Hall–Kier alpha value is -3.49. The molecule has 3 heterocycles. The highest BCUT2D eigenvalue weighted by molar-refractivity contribution is 6.23. The number of hydrazine groups is 1. The molecular weight excluding hydrogens is 378 g/mol. The second-order valence-corrected chi connectivity index (χ2v) is 7.37. The number of carbonyl (C=O) groups is 5. The third-order valence-electron chi connectivity index (χ3n) is 5.46. The van der Waals surface area contributed by atoms with Crippen molar-refractivity contribution >= 4 is 29.6 Å². The summed E-state index contributed by atoms with van der Waals surface area (Å²) in [5.41, 5.74) is 0.590. The molecule has 9 nitrogen and oxygen atoms in total. The Bertz CT molecular complexity index is 949. The molecule has 3 aliphatic rings. The maximum absolute atomic E-state index is 13.5. The molecule has 1 N–H and O–H groups in total. The number of hydrogen-bond donors (Lipinski definition) is 1. The van der Waals surface area contributed by atoms with Crippen molar-refractivity contribution in [2.75, 3.05) is 6.54 Å². The summed E-state index contributed by atoms with van der Waals surface area (Å²) in [6.45, 7) is 1.87. The van der Waals surface area contributed by atoms with Crippen molar-refractivity contribution in [3.8, 4) is 0 Å². The number of aliphatic carboxylic acids is 1. The Labute approximate surface area is 166 Å². The lowest BCUT2D eigenvalue weighted by Gasteiger charge is -2.39. The van der Waals surface area contributed by atoms with Gasteiger partial charge in [-0.25, -0.2) is 10.0 Å². The number of carboxylic acid groups (broad SMARTS) is 1. The monoisotopic (exact) mass is 397 g/mol. The van der Waals surface area contributed by atoms with Crippen LogP contribution in [0.3, 0.4) is 0 Å². The first-order chi connectivity index (χ1) is 13.8. The van der Waals surface area contributed by atoms with Crippen molar-refractivity contribution in [2.24, 2.45) is 5.92 Å². The summed E-state index contributed by atoms with van der Waals surface area (Å²) in [5, 5.41) is 11.5. The molecular formula is C20H19N3O6. The van der Waals surface area contributed by atoms with E-state index in [9.17, 15) is 29.1 Å². The molecule has 0 bridgehead atoms. The first-order valence-corrected chi connectivity index (χ1v) is 9.33. The van der Waals surface area contributed by atoms with Gasteiger partial charge in [-0.05, 0) is 24.5 Å². The summed E-state index contributed by atoms with van der Waals surface area (Å²) in [6.07, 6.45) is 1.54. The van der Waals surface area contributed by atoms with Gasteiger partial charge in [0.2, 0.25) is 5.91 Å². The van der Waals surface area contributed by atoms with Crippen LogP contribution in [0.4, 0.5) is 0 Å². The van der Waals surface area contributed by atoms with Gasteiger partial charge in [0.15, 0.2) is 0 Å². The minimum absolute atomic E-state index is 0.0410. The maximum atomic E-state index is 13.5. The second kappa shape index (κ2) is 6.84. The Morgan fingerprint density at radius 2 is 1.72 bits per heavy atom. The van der Waals surface area contributed by atoms with E-state index in [1.54, 1.807) is 25.1 Å². The zero-order valence-corrected chi connectivity index (χ0v) is 15.7. The summed E-state index contributed by atoms with van der Waals surface area (Å²) >= 11 is 0. The van der Waals surface area contributed by atoms with Gasteiger partial charge in [0.25, 0.3) is 17.7 Å². The quantitative estimate of drug-likeness (QED) is 0.762. The van der Waals surface area contributed by atoms with Gasteiger partial charge in [-0.2, -0.15) is 0 Å². The number of carboxylic acids is 1. The molecule has 3 aliphatic heterocycles. The molecule has 4 amide bonds. The van der Waals surface area contributed by atoms with E-state index < -0.39 is 42.1 Å². The molecule has 0 aliphatic carbocycles. The number of hydrogen-bond acceptors (Lipinski definition) is 5. The second-order valence-electron chi connectivity index (χ2n) is 7.37. The highest BCUT2D eigenvalue weighted by Crippen LogP contribution is 2.34. The lowest BCUT2D eigenvalue weighted by atomic mass is 9.96. The van der Waals surface area contributed by atoms with Crippen molar-refractivity contribution in [3.63, 3.8) is 0 Å². The van der Waals surface area contributed by atoms with E-state index in [1.165, 1.54) is 17.1 Å². The molecule has 2 atom stereocenters. The van der Waals surface area contributed by atoms with E-state index in [4.69, 9.17) is 0 Å². The third kappa shape index (κ3) is 2.89. The predicted octanol–water partition coefficient (Wildman–Crippen LogP) is 1.03. The Morgan fingerprint density at radius 1 is 1.10 bits per heavy atom. The molecule has 1 fully saturated rings. The summed E-state index contributed by atoms with van der Waals surface area (Å²) in [6, 6.07) is 5.11. The lowest BCUT2D eigenvalue weighted by Crippen LogP contribution is -2.56. The predicted molar refractivity (Wildman–Crippen MR) is 98.0 cm³/mol. The largest absolute Gasteiger partial charge is 0.481 e. The van der Waals surface area contributed by atoms with Crippen LogP contribution < -0.4 is 0 Å². The van der Waals surface area contributed by atoms with Crippen LogP contribution in [0.2, 0.25) is 0 Å². The fourth-order valence-electron chi connectivity index (χ4n) is 4.18. The smallest absolute Gasteiger partial charge is 0.309 e. The zero-order chi connectivity index (χ0) is 20.9. The minimum Gasteiger partial charge on any atom is -0.481 e. The molecule has 4 rings (SSSR count). The Balaban J connectivity index is 1.77. The molecule has 0 unspecified atom stereocenters. The van der Waals surface area contributed by atoms with Crippen LogP contribution in [0, 0.1) is 5.92 Å². The van der Waals surface area contributed by atoms with Crippen molar-refractivity contribution in [2.45, 2.75) is 32.2 Å². The van der Waals surface area contributed by atoms with Gasteiger partial charge in [0, 0.05) is 13.0 Å². The van der Waals surface area contributed by atoms with Crippen LogP contribution >= 0.6 is 0 Å². The molecule has 29 heavy (non-hydrogen) atoms. The highest BCUT2D eigenvalue weighted by atomic mass is 16.4. The van der Waals surface area contributed by atoms with Gasteiger partial charge in [0.05, 0.1) is 23.2 Å². The number of rotatable bonds is 3. The summed E-state index contributed by atoms with van der Waals surface area (Å²) < 4.78 is 0. The van der Waals surface area contributed by atoms with Gasteiger partial charge in [-0.15, -0.1) is 0 Å². The van der Waals surface area contributed by atoms with E-state index >= 15 is 0 Å². The molecule has 1 aromatic rings. The van der Waals surface area contributed by atoms with Gasteiger partial charge >= 0.3 is 5.97 Å². The zero-order valence-electron chi connectivity index (χ0n) is 15.7. The fraction of sp³-hybridized carbons (Fsp3) is 0.350. The SMILES string of the molecule is C[C@@H]1CC(=O)N2CCC=C(CC(=O)O)N2C(=O)[C@@H]1N1C(=O)c2ccccc2C1=O. The number of fused-ring (bicyclic) bond motifs is 2. The third-order valence-corrected chi connectivity index (χ3v) is 5.46. The van der Waals surface area contributed by atoms with Crippen molar-refractivity contribution < 1.29 is 29.1 Å². The minimum atomic E-state index is -1.20. The van der Waals surface area contributed by atoms with Crippen LogP contribution in [0.1, 0.15) is 46.9 Å². The summed E-state index contributed by atoms with van der Waals surface area (Å²) in [5.74, 6) is -3.93. The topological polar surface area (TPSA) is 115 Å². The van der Waals surface area contributed by atoms with E-state index in [0.717, 1.165) is 9.91 Å². The summed E-state index contributed by atoms with van der Waals surface area (Å²) in [4.78, 5) is 64.3. The van der Waals surface area contributed by atoms with Crippen LogP contribution in [0.15, 0.2) is 36.0 Å². The van der Waals surface area contributed by atoms with Crippen LogP contribution in [-0.2, 0) is 14.4 Å². The van der Waals surface area contributed by atoms with Gasteiger partial charge in [0.1, 0.15) is 6.04 Å². The van der Waals surface area contributed by atoms with Crippen LogP contribution in [0.25, 0.3) is 0 Å². The molecule has 0 radical (unpaired) electrons.